The second-order valence-electron chi connectivity index (χ2n) is 4.41. The van der Waals surface area contributed by atoms with Gasteiger partial charge in [0.1, 0.15) is 0 Å². The fourth-order valence-electron chi connectivity index (χ4n) is 2.11. The van der Waals surface area contributed by atoms with Crippen LogP contribution in [0.4, 0.5) is 0 Å². The molecule has 1 saturated heterocycles. The van der Waals surface area contributed by atoms with E-state index in [2.05, 4.69) is 4.98 Å². The van der Waals surface area contributed by atoms with Crippen molar-refractivity contribution in [2.24, 2.45) is 0 Å². The topological polar surface area (TPSA) is 79.7 Å². The molecule has 2 rings (SSSR count). The standard InChI is InChI=1S/C13H16N2O4/c16-12(7-10-3-1-2-4-14-10)15-5-6-19-9-11(15)8-13(17)18/h1-4,11H,5-9H2,(H,17,18). The number of carboxylic acids is 1. The first-order valence-corrected chi connectivity index (χ1v) is 6.15. The fraction of sp³-hybridized carbons (Fsp3) is 0.462. The highest BCUT2D eigenvalue weighted by Crippen LogP contribution is 2.12. The maximum absolute atomic E-state index is 12.2. The Balaban J connectivity index is 2.01. The first-order chi connectivity index (χ1) is 9.16. The summed E-state index contributed by atoms with van der Waals surface area (Å²) >= 11 is 0. The molecule has 0 bridgehead atoms. The molecule has 0 radical (unpaired) electrons. The third-order valence-corrected chi connectivity index (χ3v) is 3.02. The van der Waals surface area contributed by atoms with Crippen molar-refractivity contribution < 1.29 is 19.4 Å². The summed E-state index contributed by atoms with van der Waals surface area (Å²) in [5, 5.41) is 8.85. The quantitative estimate of drug-likeness (QED) is 0.847. The smallest absolute Gasteiger partial charge is 0.305 e. The number of hydrogen-bond donors (Lipinski definition) is 1. The third kappa shape index (κ3) is 3.75. The Labute approximate surface area is 111 Å². The van der Waals surface area contributed by atoms with E-state index in [0.29, 0.717) is 18.8 Å². The highest BCUT2D eigenvalue weighted by molar-refractivity contribution is 5.79. The Bertz CT molecular complexity index is 449. The Morgan fingerprint density at radius 1 is 1.47 bits per heavy atom. The summed E-state index contributed by atoms with van der Waals surface area (Å²) < 4.78 is 5.24. The van der Waals surface area contributed by atoms with Gasteiger partial charge in [-0.05, 0) is 12.1 Å². The molecule has 6 heteroatoms. The van der Waals surface area contributed by atoms with E-state index in [-0.39, 0.29) is 31.4 Å². The lowest BCUT2D eigenvalue weighted by Gasteiger charge is -2.34. The van der Waals surface area contributed by atoms with Gasteiger partial charge in [-0.1, -0.05) is 6.07 Å². The number of pyridine rings is 1. The lowest BCUT2D eigenvalue weighted by atomic mass is 10.1. The van der Waals surface area contributed by atoms with Crippen molar-refractivity contribution in [3.05, 3.63) is 30.1 Å². The summed E-state index contributed by atoms with van der Waals surface area (Å²) in [4.78, 5) is 28.7. The maximum atomic E-state index is 12.2. The van der Waals surface area contributed by atoms with Gasteiger partial charge in [0.15, 0.2) is 0 Å². The Morgan fingerprint density at radius 2 is 2.32 bits per heavy atom. The number of ether oxygens (including phenoxy) is 1. The second-order valence-corrected chi connectivity index (χ2v) is 4.41. The number of aliphatic carboxylic acids is 1. The third-order valence-electron chi connectivity index (χ3n) is 3.02. The molecule has 1 fully saturated rings. The molecule has 1 amide bonds. The molecule has 1 N–H and O–H groups in total. The van der Waals surface area contributed by atoms with Crippen LogP contribution in [0, 0.1) is 0 Å². The maximum Gasteiger partial charge on any atom is 0.305 e. The van der Waals surface area contributed by atoms with Gasteiger partial charge in [0, 0.05) is 18.4 Å². The minimum Gasteiger partial charge on any atom is -0.481 e. The first-order valence-electron chi connectivity index (χ1n) is 6.15. The van der Waals surface area contributed by atoms with Crippen molar-refractivity contribution in [2.75, 3.05) is 19.8 Å². The molecule has 0 aromatic carbocycles. The number of carbonyl (C=O) groups is 2. The zero-order valence-corrected chi connectivity index (χ0v) is 10.5. The highest BCUT2D eigenvalue weighted by Gasteiger charge is 2.29. The number of morpholine rings is 1. The SMILES string of the molecule is O=C(O)CC1COCCN1C(=O)Cc1ccccn1. The first kappa shape index (κ1) is 13.5. The van der Waals surface area contributed by atoms with Crippen molar-refractivity contribution in [1.29, 1.82) is 0 Å². The Morgan fingerprint density at radius 3 is 3.00 bits per heavy atom. The van der Waals surface area contributed by atoms with Crippen LogP contribution < -0.4 is 0 Å². The summed E-state index contributed by atoms with van der Waals surface area (Å²) in [5.74, 6) is -1.03. The zero-order valence-electron chi connectivity index (χ0n) is 10.5. The molecule has 2 heterocycles. The number of amides is 1. The Kier molecular flexibility index (Phi) is 4.46. The summed E-state index contributed by atoms with van der Waals surface area (Å²) in [7, 11) is 0. The van der Waals surface area contributed by atoms with Crippen molar-refractivity contribution in [3.63, 3.8) is 0 Å². The summed E-state index contributed by atoms with van der Waals surface area (Å²) in [6, 6.07) is 5.01. The van der Waals surface area contributed by atoms with Gasteiger partial charge in [-0.2, -0.15) is 0 Å². The van der Waals surface area contributed by atoms with Gasteiger partial charge < -0.3 is 14.7 Å². The number of aromatic nitrogens is 1. The van der Waals surface area contributed by atoms with Crippen LogP contribution in [0.3, 0.4) is 0 Å². The molecule has 0 aliphatic carbocycles. The Hall–Kier alpha value is -1.95. The van der Waals surface area contributed by atoms with E-state index < -0.39 is 5.97 Å². The zero-order chi connectivity index (χ0) is 13.7. The van der Waals surface area contributed by atoms with Crippen LogP contribution >= 0.6 is 0 Å². The van der Waals surface area contributed by atoms with Gasteiger partial charge in [-0.3, -0.25) is 14.6 Å². The molecule has 1 aromatic heterocycles. The van der Waals surface area contributed by atoms with Gasteiger partial charge in [0.05, 0.1) is 32.1 Å². The van der Waals surface area contributed by atoms with E-state index in [1.165, 1.54) is 0 Å². The minimum absolute atomic E-state index is 0.0893. The van der Waals surface area contributed by atoms with E-state index in [9.17, 15) is 9.59 Å². The van der Waals surface area contributed by atoms with Crippen LogP contribution in [-0.4, -0.2) is 52.7 Å². The minimum atomic E-state index is -0.925. The van der Waals surface area contributed by atoms with Crippen LogP contribution in [0.2, 0.25) is 0 Å². The number of carboxylic acid groups (broad SMARTS) is 1. The molecule has 1 atom stereocenters. The predicted octanol–water partition coefficient (Wildman–Crippen LogP) is 0.326. The number of carbonyl (C=O) groups excluding carboxylic acids is 1. The summed E-state index contributed by atoms with van der Waals surface area (Å²) in [5.41, 5.74) is 0.688. The largest absolute Gasteiger partial charge is 0.481 e. The molecular formula is C13H16N2O4. The monoisotopic (exact) mass is 264 g/mol. The summed E-state index contributed by atoms with van der Waals surface area (Å²) in [6.07, 6.45) is 1.74. The van der Waals surface area contributed by atoms with Crippen LogP contribution in [0.25, 0.3) is 0 Å². The van der Waals surface area contributed by atoms with Crippen LogP contribution in [0.15, 0.2) is 24.4 Å². The van der Waals surface area contributed by atoms with Crippen molar-refractivity contribution in [3.8, 4) is 0 Å². The number of rotatable bonds is 4. The molecule has 19 heavy (non-hydrogen) atoms. The highest BCUT2D eigenvalue weighted by atomic mass is 16.5. The van der Waals surface area contributed by atoms with Crippen LogP contribution in [-0.2, 0) is 20.7 Å². The fourth-order valence-corrected chi connectivity index (χ4v) is 2.11. The second kappa shape index (κ2) is 6.29. The lowest BCUT2D eigenvalue weighted by Crippen LogP contribution is -2.50. The van der Waals surface area contributed by atoms with Gasteiger partial charge in [0.25, 0.3) is 0 Å². The predicted molar refractivity (Wildman–Crippen MR) is 66.5 cm³/mol. The van der Waals surface area contributed by atoms with E-state index in [0.717, 1.165) is 0 Å². The lowest BCUT2D eigenvalue weighted by molar-refractivity contribution is -0.145. The van der Waals surface area contributed by atoms with Gasteiger partial charge in [0.2, 0.25) is 5.91 Å². The van der Waals surface area contributed by atoms with Gasteiger partial charge >= 0.3 is 5.97 Å². The van der Waals surface area contributed by atoms with Crippen molar-refractivity contribution >= 4 is 11.9 Å². The molecule has 1 unspecified atom stereocenters. The average Bonchev–Trinajstić information content (AvgIpc) is 2.39. The molecule has 0 spiro atoms. The number of nitrogens with zero attached hydrogens (tertiary/aromatic N) is 2. The normalized spacial score (nSPS) is 19.2. The van der Waals surface area contributed by atoms with Crippen molar-refractivity contribution in [1.82, 2.24) is 9.88 Å². The van der Waals surface area contributed by atoms with E-state index in [4.69, 9.17) is 9.84 Å². The molecule has 1 aliphatic heterocycles. The number of hydrogen-bond acceptors (Lipinski definition) is 4. The van der Waals surface area contributed by atoms with Gasteiger partial charge in [-0.25, -0.2) is 0 Å². The van der Waals surface area contributed by atoms with Crippen molar-refractivity contribution in [2.45, 2.75) is 18.9 Å². The molecule has 6 nitrogen and oxygen atoms in total. The molecule has 1 aromatic rings. The molecular weight excluding hydrogens is 248 g/mol. The van der Waals surface area contributed by atoms with E-state index in [1.807, 2.05) is 6.07 Å². The molecule has 0 saturated carbocycles. The average molecular weight is 264 g/mol. The van der Waals surface area contributed by atoms with Gasteiger partial charge in [-0.15, -0.1) is 0 Å². The van der Waals surface area contributed by atoms with E-state index in [1.54, 1.807) is 23.2 Å². The van der Waals surface area contributed by atoms with E-state index >= 15 is 0 Å². The van der Waals surface area contributed by atoms with Crippen LogP contribution in [0.1, 0.15) is 12.1 Å². The molecule has 102 valence electrons. The molecule has 1 aliphatic rings. The van der Waals surface area contributed by atoms with Crippen LogP contribution in [0.5, 0.6) is 0 Å². The summed E-state index contributed by atoms with van der Waals surface area (Å²) in [6.45, 7) is 1.16.